The summed E-state index contributed by atoms with van der Waals surface area (Å²) in [4.78, 5) is 0. The molecule has 0 radical (unpaired) electrons. The first kappa shape index (κ1) is 12.0. The summed E-state index contributed by atoms with van der Waals surface area (Å²) in [7, 11) is 0. The van der Waals surface area contributed by atoms with Crippen molar-refractivity contribution in [2.45, 2.75) is 33.1 Å². The summed E-state index contributed by atoms with van der Waals surface area (Å²) < 4.78 is 0. The van der Waals surface area contributed by atoms with E-state index in [1.807, 2.05) is 13.0 Å². The number of hydrogen-bond acceptors (Lipinski definition) is 1. The lowest BCUT2D eigenvalue weighted by atomic mass is 9.86. The molecule has 0 heterocycles. The molecule has 1 rings (SSSR count). The van der Waals surface area contributed by atoms with Crippen molar-refractivity contribution in [3.05, 3.63) is 41.5 Å². The van der Waals surface area contributed by atoms with Gasteiger partial charge in [0.25, 0.3) is 0 Å². The summed E-state index contributed by atoms with van der Waals surface area (Å²) in [5.41, 5.74) is 3.84. The Hall–Kier alpha value is -1.08. The second-order valence-corrected chi connectivity index (χ2v) is 4.90. The highest BCUT2D eigenvalue weighted by molar-refractivity contribution is 5.63. The molecule has 1 nitrogen and oxygen atoms in total. The second kappa shape index (κ2) is 4.63. The van der Waals surface area contributed by atoms with Gasteiger partial charge in [0.15, 0.2) is 0 Å². The lowest BCUT2D eigenvalue weighted by molar-refractivity contribution is 0.343. The zero-order valence-corrected chi connectivity index (χ0v) is 10.0. The highest BCUT2D eigenvalue weighted by atomic mass is 16.2. The van der Waals surface area contributed by atoms with E-state index in [4.69, 9.17) is 5.11 Å². The highest BCUT2D eigenvalue weighted by Gasteiger charge is 2.12. The summed E-state index contributed by atoms with van der Waals surface area (Å²) >= 11 is 0. The Balaban J connectivity index is 2.96. The average Bonchev–Trinajstić information content (AvgIpc) is 2.17. The Morgan fingerprint density at radius 2 is 1.73 bits per heavy atom. The van der Waals surface area contributed by atoms with Crippen molar-refractivity contribution in [3.63, 3.8) is 0 Å². The fourth-order valence-corrected chi connectivity index (χ4v) is 1.49. The summed E-state index contributed by atoms with van der Waals surface area (Å²) in [6.45, 7) is 8.74. The molecule has 15 heavy (non-hydrogen) atoms. The Morgan fingerprint density at radius 1 is 1.20 bits per heavy atom. The third-order valence-corrected chi connectivity index (χ3v) is 2.60. The van der Waals surface area contributed by atoms with Crippen LogP contribution in [0.3, 0.4) is 0 Å². The molecule has 82 valence electrons. The van der Waals surface area contributed by atoms with Crippen LogP contribution in [0.4, 0.5) is 0 Å². The van der Waals surface area contributed by atoms with E-state index in [0.29, 0.717) is 0 Å². The minimum Gasteiger partial charge on any atom is -0.392 e. The van der Waals surface area contributed by atoms with Crippen LogP contribution in [0.25, 0.3) is 5.57 Å². The number of allylic oxidation sites excluding steroid dienone is 1. The van der Waals surface area contributed by atoms with E-state index < -0.39 is 0 Å². The van der Waals surface area contributed by atoms with Crippen molar-refractivity contribution in [1.82, 2.24) is 0 Å². The van der Waals surface area contributed by atoms with Crippen LogP contribution in [0.15, 0.2) is 30.3 Å². The lowest BCUT2D eigenvalue weighted by Crippen LogP contribution is -2.10. The van der Waals surface area contributed by atoms with E-state index in [1.165, 1.54) is 11.1 Å². The highest BCUT2D eigenvalue weighted by Crippen LogP contribution is 2.23. The first-order valence-electron chi connectivity index (χ1n) is 5.33. The quantitative estimate of drug-likeness (QED) is 0.783. The molecule has 0 atom stereocenters. The Kier molecular flexibility index (Phi) is 3.70. The number of rotatable bonds is 2. The molecule has 0 spiro atoms. The minimum absolute atomic E-state index is 0.104. The van der Waals surface area contributed by atoms with Gasteiger partial charge in [-0.3, -0.25) is 0 Å². The Bertz CT molecular complexity index is 339. The van der Waals surface area contributed by atoms with Crippen molar-refractivity contribution in [2.24, 2.45) is 0 Å². The van der Waals surface area contributed by atoms with Crippen molar-refractivity contribution >= 4 is 5.57 Å². The fraction of sp³-hybridized carbons (Fsp3) is 0.429. The molecule has 0 saturated carbocycles. The van der Waals surface area contributed by atoms with Gasteiger partial charge < -0.3 is 5.11 Å². The molecule has 0 aliphatic carbocycles. The molecule has 0 aromatic heterocycles. The van der Waals surface area contributed by atoms with Crippen LogP contribution < -0.4 is 0 Å². The van der Waals surface area contributed by atoms with Crippen molar-refractivity contribution in [1.29, 1.82) is 0 Å². The van der Waals surface area contributed by atoms with E-state index in [-0.39, 0.29) is 12.0 Å². The van der Waals surface area contributed by atoms with Gasteiger partial charge in [-0.05, 0) is 29.0 Å². The maximum Gasteiger partial charge on any atom is 0.0618 e. The normalized spacial score (nSPS) is 13.0. The van der Waals surface area contributed by atoms with Crippen molar-refractivity contribution < 1.29 is 5.11 Å². The molecule has 0 saturated heterocycles. The van der Waals surface area contributed by atoms with Crippen LogP contribution in [0.5, 0.6) is 0 Å². The van der Waals surface area contributed by atoms with Gasteiger partial charge in [0.05, 0.1) is 6.61 Å². The van der Waals surface area contributed by atoms with Crippen LogP contribution in [0, 0.1) is 0 Å². The molecule has 0 unspecified atom stereocenters. The third-order valence-electron chi connectivity index (χ3n) is 2.60. The van der Waals surface area contributed by atoms with E-state index >= 15 is 0 Å². The fourth-order valence-electron chi connectivity index (χ4n) is 1.49. The summed E-state index contributed by atoms with van der Waals surface area (Å²) in [6.07, 6.45) is 1.83. The molecule has 1 N–H and O–H groups in total. The van der Waals surface area contributed by atoms with E-state index in [9.17, 15) is 0 Å². The Labute approximate surface area is 92.5 Å². The molecule has 1 aromatic rings. The molecule has 0 amide bonds. The number of benzene rings is 1. The molecule has 1 heteroatoms. The maximum absolute atomic E-state index is 8.81. The summed E-state index contributed by atoms with van der Waals surface area (Å²) in [5, 5.41) is 8.81. The van der Waals surface area contributed by atoms with Gasteiger partial charge in [-0.1, -0.05) is 51.1 Å². The van der Waals surface area contributed by atoms with Gasteiger partial charge in [-0.25, -0.2) is 0 Å². The van der Waals surface area contributed by atoms with E-state index in [0.717, 1.165) is 5.57 Å². The van der Waals surface area contributed by atoms with Crippen molar-refractivity contribution in [3.8, 4) is 0 Å². The van der Waals surface area contributed by atoms with Crippen LogP contribution >= 0.6 is 0 Å². The molecular formula is C14H20O. The molecule has 0 aliphatic heterocycles. The first-order valence-corrected chi connectivity index (χ1v) is 5.33. The molecule has 0 bridgehead atoms. The molecule has 0 aliphatic rings. The number of aliphatic hydroxyl groups excluding tert-OH is 1. The average molecular weight is 204 g/mol. The van der Waals surface area contributed by atoms with Gasteiger partial charge >= 0.3 is 0 Å². The lowest BCUT2D eigenvalue weighted by Gasteiger charge is -2.19. The molecule has 1 aromatic carbocycles. The topological polar surface area (TPSA) is 20.2 Å². The second-order valence-electron chi connectivity index (χ2n) is 4.90. The predicted molar refractivity (Wildman–Crippen MR) is 65.9 cm³/mol. The van der Waals surface area contributed by atoms with Gasteiger partial charge in [-0.15, -0.1) is 0 Å². The monoisotopic (exact) mass is 204 g/mol. The minimum atomic E-state index is 0.104. The SMILES string of the molecule is C/C(=C\CO)c1ccc(C(C)(C)C)cc1. The molecule has 0 fully saturated rings. The zero-order valence-electron chi connectivity index (χ0n) is 10.0. The van der Waals surface area contributed by atoms with Crippen LogP contribution in [-0.4, -0.2) is 11.7 Å². The first-order chi connectivity index (χ1) is 6.95. The smallest absolute Gasteiger partial charge is 0.0618 e. The van der Waals surface area contributed by atoms with Gasteiger partial charge in [0.2, 0.25) is 0 Å². The van der Waals surface area contributed by atoms with Crippen molar-refractivity contribution in [2.75, 3.05) is 6.61 Å². The van der Waals surface area contributed by atoms with Gasteiger partial charge in [0.1, 0.15) is 0 Å². The third kappa shape index (κ3) is 3.21. The van der Waals surface area contributed by atoms with E-state index in [2.05, 4.69) is 45.0 Å². The largest absolute Gasteiger partial charge is 0.392 e. The predicted octanol–water partition coefficient (Wildman–Crippen LogP) is 3.38. The van der Waals surface area contributed by atoms with Crippen LogP contribution in [-0.2, 0) is 5.41 Å². The van der Waals surface area contributed by atoms with Crippen LogP contribution in [0.2, 0.25) is 0 Å². The summed E-state index contributed by atoms with van der Waals surface area (Å²) in [6, 6.07) is 8.54. The maximum atomic E-state index is 8.81. The van der Waals surface area contributed by atoms with E-state index in [1.54, 1.807) is 0 Å². The van der Waals surface area contributed by atoms with Gasteiger partial charge in [-0.2, -0.15) is 0 Å². The Morgan fingerprint density at radius 3 is 2.13 bits per heavy atom. The zero-order chi connectivity index (χ0) is 11.5. The summed E-state index contributed by atoms with van der Waals surface area (Å²) in [5.74, 6) is 0. The van der Waals surface area contributed by atoms with Crippen LogP contribution in [0.1, 0.15) is 38.8 Å². The standard InChI is InChI=1S/C14H20O/c1-11(9-10-15)12-5-7-13(8-6-12)14(2,3)4/h5-9,15H,10H2,1-4H3/b11-9+. The number of aliphatic hydroxyl groups is 1. The molecular weight excluding hydrogens is 184 g/mol. The van der Waals surface area contributed by atoms with Gasteiger partial charge in [0, 0.05) is 0 Å². The number of hydrogen-bond donors (Lipinski definition) is 1.